The van der Waals surface area contributed by atoms with Gasteiger partial charge in [0, 0.05) is 12.8 Å². The summed E-state index contributed by atoms with van der Waals surface area (Å²) in [5.41, 5.74) is 0. The Bertz CT molecular complexity index is 474. The summed E-state index contributed by atoms with van der Waals surface area (Å²) in [7, 11) is -3.27. The zero-order valence-corrected chi connectivity index (χ0v) is 11.3. The number of pyridine rings is 1. The smallest absolute Gasteiger partial charge is 0.178 e. The molecule has 90 valence electrons. The second-order valence-electron chi connectivity index (χ2n) is 3.49. The van der Waals surface area contributed by atoms with Crippen LogP contribution in [0.5, 0.6) is 0 Å². The number of anilines is 1. The van der Waals surface area contributed by atoms with Crippen molar-refractivity contribution in [2.24, 2.45) is 0 Å². The Kier molecular flexibility index (Phi) is 4.28. The van der Waals surface area contributed by atoms with Crippen LogP contribution in [-0.2, 0) is 9.84 Å². The Morgan fingerprint density at radius 1 is 1.56 bits per heavy atom. The first-order valence-electron chi connectivity index (χ1n) is 4.59. The number of nitrogens with zero attached hydrogens (tertiary/aromatic N) is 1. The molecule has 0 aliphatic carbocycles. The number of halogens is 1. The van der Waals surface area contributed by atoms with Crippen LogP contribution in [0.15, 0.2) is 21.6 Å². The lowest BCUT2D eigenvalue weighted by Crippen LogP contribution is -2.16. The van der Waals surface area contributed by atoms with Crippen molar-refractivity contribution in [2.75, 3.05) is 18.1 Å². The monoisotopic (exact) mass is 308 g/mol. The first-order valence-corrected chi connectivity index (χ1v) is 7.27. The number of hydrogen-bond donors (Lipinski definition) is 2. The molecule has 1 atom stereocenters. The number of rotatable bonds is 4. The summed E-state index contributed by atoms with van der Waals surface area (Å²) in [6.45, 7) is 2.00. The van der Waals surface area contributed by atoms with Crippen LogP contribution in [0, 0.1) is 0 Å². The molecule has 0 unspecified atom stereocenters. The maximum absolute atomic E-state index is 11.3. The fourth-order valence-corrected chi connectivity index (χ4v) is 2.92. The molecular weight excluding hydrogens is 296 g/mol. The molecule has 0 aliphatic heterocycles. The molecule has 16 heavy (non-hydrogen) atoms. The third kappa shape index (κ3) is 3.73. The summed E-state index contributed by atoms with van der Waals surface area (Å²) < 4.78 is 22.9. The molecule has 0 aromatic carbocycles. The van der Waals surface area contributed by atoms with Gasteiger partial charge in [-0.3, -0.25) is 0 Å². The van der Waals surface area contributed by atoms with Gasteiger partial charge < -0.3 is 10.4 Å². The van der Waals surface area contributed by atoms with Crippen LogP contribution in [0.1, 0.15) is 6.92 Å². The minimum atomic E-state index is -3.27. The van der Waals surface area contributed by atoms with Crippen molar-refractivity contribution >= 4 is 31.6 Å². The van der Waals surface area contributed by atoms with Gasteiger partial charge >= 0.3 is 0 Å². The van der Waals surface area contributed by atoms with E-state index in [1.165, 1.54) is 6.07 Å². The highest BCUT2D eigenvalue weighted by atomic mass is 79.9. The van der Waals surface area contributed by atoms with E-state index in [0.717, 1.165) is 6.26 Å². The molecule has 5 nitrogen and oxygen atoms in total. The molecule has 1 rings (SSSR count). The van der Waals surface area contributed by atoms with Crippen LogP contribution in [0.3, 0.4) is 0 Å². The van der Waals surface area contributed by atoms with Crippen molar-refractivity contribution in [3.63, 3.8) is 0 Å². The second kappa shape index (κ2) is 5.11. The van der Waals surface area contributed by atoms with Crippen molar-refractivity contribution in [1.82, 2.24) is 4.98 Å². The zero-order valence-electron chi connectivity index (χ0n) is 8.94. The van der Waals surface area contributed by atoms with Gasteiger partial charge in [0.2, 0.25) is 0 Å². The summed E-state index contributed by atoms with van der Waals surface area (Å²) in [4.78, 5) is 4.18. The third-order valence-electron chi connectivity index (χ3n) is 1.79. The molecule has 0 saturated carbocycles. The largest absolute Gasteiger partial charge is 0.392 e. The maximum Gasteiger partial charge on any atom is 0.178 e. The van der Waals surface area contributed by atoms with Crippen molar-refractivity contribution < 1.29 is 13.5 Å². The van der Waals surface area contributed by atoms with Crippen LogP contribution in [0.4, 0.5) is 5.82 Å². The maximum atomic E-state index is 11.3. The van der Waals surface area contributed by atoms with Gasteiger partial charge in [-0.2, -0.15) is 0 Å². The quantitative estimate of drug-likeness (QED) is 0.813. The second-order valence-corrected chi connectivity index (χ2v) is 6.22. The number of hydrogen-bond acceptors (Lipinski definition) is 5. The molecule has 0 fully saturated rings. The van der Waals surface area contributed by atoms with Gasteiger partial charge in [0.1, 0.15) is 10.4 Å². The van der Waals surface area contributed by atoms with Gasteiger partial charge in [0.05, 0.1) is 11.0 Å². The summed E-state index contributed by atoms with van der Waals surface area (Å²) >= 11 is 3.10. The van der Waals surface area contributed by atoms with Crippen LogP contribution < -0.4 is 5.32 Å². The van der Waals surface area contributed by atoms with Crippen molar-refractivity contribution in [3.8, 4) is 0 Å². The Hall–Kier alpha value is -0.660. The fraction of sp³-hybridized carbons (Fsp3) is 0.444. The third-order valence-corrected chi connectivity index (χ3v) is 3.79. The molecule has 2 N–H and O–H groups in total. The summed E-state index contributed by atoms with van der Waals surface area (Å²) in [5, 5.41) is 11.9. The highest BCUT2D eigenvalue weighted by Gasteiger charge is 2.13. The number of aliphatic hydroxyl groups is 1. The van der Waals surface area contributed by atoms with Crippen LogP contribution in [-0.4, -0.2) is 37.4 Å². The van der Waals surface area contributed by atoms with E-state index in [1.807, 2.05) is 0 Å². The Morgan fingerprint density at radius 2 is 2.19 bits per heavy atom. The summed E-state index contributed by atoms with van der Waals surface area (Å²) in [6, 6.07) is 3.03. The van der Waals surface area contributed by atoms with Crippen LogP contribution in [0.25, 0.3) is 0 Å². The minimum Gasteiger partial charge on any atom is -0.392 e. The van der Waals surface area contributed by atoms with E-state index >= 15 is 0 Å². The molecule has 0 spiro atoms. The van der Waals surface area contributed by atoms with Crippen LogP contribution >= 0.6 is 15.9 Å². The van der Waals surface area contributed by atoms with Gasteiger partial charge in [-0.05, 0) is 35.0 Å². The Morgan fingerprint density at radius 3 is 2.62 bits per heavy atom. The first-order chi connectivity index (χ1) is 7.30. The lowest BCUT2D eigenvalue weighted by Gasteiger charge is -2.09. The van der Waals surface area contributed by atoms with Crippen molar-refractivity contribution in [2.45, 2.75) is 17.9 Å². The van der Waals surface area contributed by atoms with E-state index in [-0.39, 0.29) is 9.50 Å². The molecule has 1 aromatic heterocycles. The zero-order chi connectivity index (χ0) is 12.3. The first kappa shape index (κ1) is 13.4. The molecular formula is C9H13BrN2O3S. The van der Waals surface area contributed by atoms with E-state index in [0.29, 0.717) is 12.4 Å². The van der Waals surface area contributed by atoms with Crippen LogP contribution in [0.2, 0.25) is 0 Å². The van der Waals surface area contributed by atoms with E-state index in [1.54, 1.807) is 13.0 Å². The van der Waals surface area contributed by atoms with E-state index in [9.17, 15) is 8.42 Å². The lowest BCUT2D eigenvalue weighted by molar-refractivity contribution is 0.208. The van der Waals surface area contributed by atoms with Gasteiger partial charge in [-0.15, -0.1) is 0 Å². The highest BCUT2D eigenvalue weighted by Crippen LogP contribution is 2.21. The van der Waals surface area contributed by atoms with E-state index in [4.69, 9.17) is 5.11 Å². The molecule has 1 heterocycles. The molecule has 0 saturated heterocycles. The number of aliphatic hydroxyl groups excluding tert-OH is 1. The van der Waals surface area contributed by atoms with Gasteiger partial charge in [0.25, 0.3) is 0 Å². The molecule has 0 amide bonds. The SMILES string of the molecule is C[C@@H](O)CNc1ccc(S(C)(=O)=O)c(Br)n1. The normalized spacial score (nSPS) is 13.5. The van der Waals surface area contributed by atoms with E-state index < -0.39 is 15.9 Å². The van der Waals surface area contributed by atoms with Gasteiger partial charge in [-0.25, -0.2) is 13.4 Å². The summed E-state index contributed by atoms with van der Waals surface area (Å²) in [5.74, 6) is 0.514. The predicted octanol–water partition coefficient (Wildman–Crippen LogP) is 1.04. The molecule has 0 bridgehead atoms. The molecule has 7 heteroatoms. The van der Waals surface area contributed by atoms with Crippen molar-refractivity contribution in [1.29, 1.82) is 0 Å². The molecule has 0 aliphatic rings. The fourth-order valence-electron chi connectivity index (χ4n) is 1.05. The van der Waals surface area contributed by atoms with Crippen molar-refractivity contribution in [3.05, 3.63) is 16.7 Å². The standard InChI is InChI=1S/C9H13BrN2O3S/c1-6(13)5-11-8-4-3-7(9(10)12-8)16(2,14)15/h3-4,6,13H,5H2,1-2H3,(H,11,12)/t6-/m1/s1. The minimum absolute atomic E-state index is 0.148. The highest BCUT2D eigenvalue weighted by molar-refractivity contribution is 9.10. The average Bonchev–Trinajstić information content (AvgIpc) is 2.12. The molecule has 0 radical (unpaired) electrons. The van der Waals surface area contributed by atoms with Gasteiger partial charge in [-0.1, -0.05) is 0 Å². The lowest BCUT2D eigenvalue weighted by atomic mass is 10.4. The molecule has 1 aromatic rings. The topological polar surface area (TPSA) is 79.3 Å². The number of nitrogens with one attached hydrogen (secondary N) is 1. The Labute approximate surface area is 103 Å². The predicted molar refractivity (Wildman–Crippen MR) is 65.2 cm³/mol. The average molecular weight is 309 g/mol. The number of sulfone groups is 1. The van der Waals surface area contributed by atoms with Gasteiger partial charge in [0.15, 0.2) is 9.84 Å². The van der Waals surface area contributed by atoms with E-state index in [2.05, 4.69) is 26.2 Å². The summed E-state index contributed by atoms with van der Waals surface area (Å²) in [6.07, 6.45) is 0.632. The number of aromatic nitrogens is 1. The Balaban J connectivity index is 2.92.